The molecule has 0 aromatic heterocycles. The predicted molar refractivity (Wildman–Crippen MR) is 71.0 cm³/mol. The Morgan fingerprint density at radius 1 is 0.944 bits per heavy atom. The van der Waals surface area contributed by atoms with Gasteiger partial charge in [0.2, 0.25) is 0 Å². The van der Waals surface area contributed by atoms with Gasteiger partial charge in [0, 0.05) is 6.42 Å². The molecule has 0 saturated carbocycles. The monoisotopic (exact) mass is 260 g/mol. The molecule has 4 heteroatoms. The van der Waals surface area contributed by atoms with Crippen LogP contribution in [-0.4, -0.2) is 29.1 Å². The number of rotatable bonds is 12. The van der Waals surface area contributed by atoms with E-state index in [-0.39, 0.29) is 12.6 Å². The van der Waals surface area contributed by atoms with E-state index in [9.17, 15) is 4.79 Å². The van der Waals surface area contributed by atoms with Crippen molar-refractivity contribution in [1.29, 1.82) is 0 Å². The summed E-state index contributed by atoms with van der Waals surface area (Å²) >= 11 is 0. The van der Waals surface area contributed by atoms with Gasteiger partial charge in [-0.05, 0) is 6.42 Å². The van der Waals surface area contributed by atoms with Gasteiger partial charge in [0.25, 0.3) is 0 Å². The molecule has 0 unspecified atom stereocenters. The zero-order valence-electron chi connectivity index (χ0n) is 11.6. The summed E-state index contributed by atoms with van der Waals surface area (Å²) in [6, 6.07) is 0. The second kappa shape index (κ2) is 12.8. The molecule has 0 heterocycles. The van der Waals surface area contributed by atoms with E-state index >= 15 is 0 Å². The molecule has 0 atom stereocenters. The number of carbonyl (C=O) groups excluding carboxylic acids is 1. The molecule has 4 nitrogen and oxygen atoms in total. The second-order valence-electron chi connectivity index (χ2n) is 4.74. The van der Waals surface area contributed by atoms with Crippen LogP contribution in [0.5, 0.6) is 0 Å². The van der Waals surface area contributed by atoms with E-state index in [1.165, 1.54) is 44.9 Å². The average molecular weight is 260 g/mol. The van der Waals surface area contributed by atoms with E-state index in [2.05, 4.69) is 11.7 Å². The van der Waals surface area contributed by atoms with E-state index < -0.39 is 6.29 Å². The topological polar surface area (TPSA) is 66.8 Å². The lowest BCUT2D eigenvalue weighted by molar-refractivity contribution is -0.156. The van der Waals surface area contributed by atoms with Crippen LogP contribution in [0.15, 0.2) is 0 Å². The molecule has 0 bridgehead atoms. The van der Waals surface area contributed by atoms with Crippen molar-refractivity contribution >= 4 is 5.97 Å². The Hall–Kier alpha value is -0.610. The van der Waals surface area contributed by atoms with Crippen molar-refractivity contribution in [2.75, 3.05) is 6.61 Å². The summed E-state index contributed by atoms with van der Waals surface area (Å²) in [5.41, 5.74) is 0. The molecule has 2 N–H and O–H groups in total. The quantitative estimate of drug-likeness (QED) is 0.322. The van der Waals surface area contributed by atoms with Crippen molar-refractivity contribution in [3.8, 4) is 0 Å². The van der Waals surface area contributed by atoms with Gasteiger partial charge in [-0.15, -0.1) is 0 Å². The van der Waals surface area contributed by atoms with Crippen molar-refractivity contribution < 1.29 is 19.7 Å². The molecule has 0 aliphatic carbocycles. The maximum absolute atomic E-state index is 11.1. The van der Waals surface area contributed by atoms with Crippen LogP contribution in [0.1, 0.15) is 71.1 Å². The first kappa shape index (κ1) is 17.4. The smallest absolute Gasteiger partial charge is 0.305 e. The normalized spacial score (nSPS) is 10.9. The Labute approximate surface area is 110 Å². The Kier molecular flexibility index (Phi) is 12.4. The minimum atomic E-state index is -1.56. The molecule has 108 valence electrons. The third-order valence-corrected chi connectivity index (χ3v) is 2.88. The maximum atomic E-state index is 11.1. The average Bonchev–Trinajstić information content (AvgIpc) is 2.34. The number of esters is 1. The Morgan fingerprint density at radius 2 is 1.44 bits per heavy atom. The van der Waals surface area contributed by atoms with Crippen LogP contribution in [0.25, 0.3) is 0 Å². The zero-order valence-corrected chi connectivity index (χ0v) is 11.6. The van der Waals surface area contributed by atoms with Crippen LogP contribution < -0.4 is 0 Å². The van der Waals surface area contributed by atoms with Crippen LogP contribution in [0.4, 0.5) is 0 Å². The van der Waals surface area contributed by atoms with Gasteiger partial charge in [-0.25, -0.2) is 0 Å². The molecule has 0 amide bonds. The summed E-state index contributed by atoms with van der Waals surface area (Å²) in [6.07, 6.45) is 9.68. The van der Waals surface area contributed by atoms with Gasteiger partial charge < -0.3 is 14.9 Å². The first-order chi connectivity index (χ1) is 8.66. The fourth-order valence-electron chi connectivity index (χ4n) is 1.82. The number of carbonyl (C=O) groups is 1. The highest BCUT2D eigenvalue weighted by Gasteiger charge is 2.05. The van der Waals surface area contributed by atoms with Gasteiger partial charge in [0.05, 0.1) is 0 Å². The van der Waals surface area contributed by atoms with Crippen LogP contribution in [0.2, 0.25) is 0 Å². The number of hydrogen-bond donors (Lipinski definition) is 2. The zero-order chi connectivity index (χ0) is 13.6. The van der Waals surface area contributed by atoms with Crippen LogP contribution >= 0.6 is 0 Å². The van der Waals surface area contributed by atoms with Crippen molar-refractivity contribution in [3.63, 3.8) is 0 Å². The van der Waals surface area contributed by atoms with Crippen molar-refractivity contribution in [3.05, 3.63) is 0 Å². The second-order valence-corrected chi connectivity index (χ2v) is 4.74. The van der Waals surface area contributed by atoms with Gasteiger partial charge in [-0.3, -0.25) is 4.79 Å². The van der Waals surface area contributed by atoms with Gasteiger partial charge in [0.15, 0.2) is 6.29 Å². The molecule has 0 fully saturated rings. The highest BCUT2D eigenvalue weighted by molar-refractivity contribution is 5.69. The molecular weight excluding hydrogens is 232 g/mol. The number of hydrogen-bond acceptors (Lipinski definition) is 4. The lowest BCUT2D eigenvalue weighted by atomic mass is 10.1. The Bertz CT molecular complexity index is 192. The molecule has 0 aliphatic heterocycles. The molecule has 0 aliphatic rings. The Balaban J connectivity index is 3.12. The molecule has 0 aromatic rings. The first-order valence-corrected chi connectivity index (χ1v) is 7.18. The SMILES string of the molecule is CCCCCCCCCCCC(=O)OCC(O)O. The van der Waals surface area contributed by atoms with E-state index in [0.29, 0.717) is 6.42 Å². The maximum Gasteiger partial charge on any atom is 0.305 e. The number of aliphatic hydroxyl groups excluding tert-OH is 1. The van der Waals surface area contributed by atoms with E-state index in [4.69, 9.17) is 10.2 Å². The summed E-state index contributed by atoms with van der Waals surface area (Å²) < 4.78 is 4.64. The van der Waals surface area contributed by atoms with Crippen molar-refractivity contribution in [2.45, 2.75) is 77.4 Å². The standard InChI is InChI=1S/C14H28O4/c1-2-3-4-5-6-7-8-9-10-11-14(17)18-12-13(15)16/h13,15-16H,2-12H2,1H3. The third kappa shape index (κ3) is 13.5. The van der Waals surface area contributed by atoms with Gasteiger partial charge in [0.1, 0.15) is 6.61 Å². The minimum Gasteiger partial charge on any atom is -0.460 e. The van der Waals surface area contributed by atoms with Gasteiger partial charge in [-0.2, -0.15) is 0 Å². The van der Waals surface area contributed by atoms with Crippen LogP contribution in [0, 0.1) is 0 Å². The van der Waals surface area contributed by atoms with E-state index in [1.54, 1.807) is 0 Å². The number of aliphatic hydroxyl groups is 2. The highest BCUT2D eigenvalue weighted by Crippen LogP contribution is 2.10. The highest BCUT2D eigenvalue weighted by atomic mass is 16.6. The minimum absolute atomic E-state index is 0.323. The molecule has 18 heavy (non-hydrogen) atoms. The summed E-state index contributed by atoms with van der Waals surface area (Å²) in [5.74, 6) is -0.342. The molecule has 0 aromatic carbocycles. The first-order valence-electron chi connectivity index (χ1n) is 7.18. The molecule has 0 saturated heterocycles. The van der Waals surface area contributed by atoms with Gasteiger partial charge in [-0.1, -0.05) is 58.3 Å². The fraction of sp³-hybridized carbons (Fsp3) is 0.929. The molecule has 0 rings (SSSR count). The lowest BCUT2D eigenvalue weighted by Gasteiger charge is -2.05. The predicted octanol–water partition coefficient (Wildman–Crippen LogP) is 2.76. The number of ether oxygens (including phenoxy) is 1. The summed E-state index contributed by atoms with van der Waals surface area (Å²) in [7, 11) is 0. The molecule has 0 radical (unpaired) electrons. The van der Waals surface area contributed by atoms with Crippen molar-refractivity contribution in [1.82, 2.24) is 0 Å². The molecular formula is C14H28O4. The third-order valence-electron chi connectivity index (χ3n) is 2.88. The summed E-state index contributed by atoms with van der Waals surface area (Å²) in [4.78, 5) is 11.1. The largest absolute Gasteiger partial charge is 0.460 e. The van der Waals surface area contributed by atoms with Crippen LogP contribution in [-0.2, 0) is 9.53 Å². The van der Waals surface area contributed by atoms with Crippen molar-refractivity contribution in [2.24, 2.45) is 0 Å². The van der Waals surface area contributed by atoms with E-state index in [0.717, 1.165) is 12.8 Å². The molecule has 0 spiro atoms. The lowest BCUT2D eigenvalue weighted by Crippen LogP contribution is -2.17. The van der Waals surface area contributed by atoms with Gasteiger partial charge >= 0.3 is 5.97 Å². The fourth-order valence-corrected chi connectivity index (χ4v) is 1.82. The van der Waals surface area contributed by atoms with Crippen LogP contribution in [0.3, 0.4) is 0 Å². The Morgan fingerprint density at radius 3 is 1.94 bits per heavy atom. The summed E-state index contributed by atoms with van der Waals surface area (Å²) in [5, 5.41) is 17.0. The van der Waals surface area contributed by atoms with E-state index in [1.807, 2.05) is 0 Å². The number of unbranched alkanes of at least 4 members (excludes halogenated alkanes) is 8. The summed E-state index contributed by atoms with van der Waals surface area (Å²) in [6.45, 7) is 1.89.